The fourth-order valence-electron chi connectivity index (χ4n) is 0.803. The summed E-state index contributed by atoms with van der Waals surface area (Å²) in [5.41, 5.74) is 5.37. The first kappa shape index (κ1) is 11.0. The number of thioether (sulfide) groups is 1. The Balaban J connectivity index is 2.54. The molecular formula is C8H15N5S. The maximum atomic E-state index is 7.25. The molecule has 1 heterocycles. The number of hydrogen-bond donors (Lipinski definition) is 2. The zero-order chi connectivity index (χ0) is 10.7. The van der Waals surface area contributed by atoms with Gasteiger partial charge < -0.3 is 10.3 Å². The van der Waals surface area contributed by atoms with Crippen molar-refractivity contribution < 1.29 is 0 Å². The summed E-state index contributed by atoms with van der Waals surface area (Å²) in [6.45, 7) is 3.84. The Labute approximate surface area is 87.6 Å². The fraction of sp³-hybridized carbons (Fsp3) is 0.625. The lowest BCUT2D eigenvalue weighted by Gasteiger charge is -2.07. The van der Waals surface area contributed by atoms with E-state index in [0.29, 0.717) is 0 Å². The second-order valence-corrected chi connectivity index (χ2v) is 4.24. The van der Waals surface area contributed by atoms with Crippen molar-refractivity contribution in [3.8, 4) is 0 Å². The van der Waals surface area contributed by atoms with E-state index in [9.17, 15) is 0 Å². The molecule has 14 heavy (non-hydrogen) atoms. The van der Waals surface area contributed by atoms with Gasteiger partial charge in [0.15, 0.2) is 5.16 Å². The van der Waals surface area contributed by atoms with Crippen LogP contribution in [0.3, 0.4) is 0 Å². The molecule has 78 valence electrons. The van der Waals surface area contributed by atoms with Crippen LogP contribution in [0.2, 0.25) is 0 Å². The second-order valence-electron chi connectivity index (χ2n) is 3.26. The first-order valence-corrected chi connectivity index (χ1v) is 5.33. The summed E-state index contributed by atoms with van der Waals surface area (Å²) >= 11 is 1.57. The molecule has 0 bridgehead atoms. The average molecular weight is 213 g/mol. The molecule has 0 amide bonds. The molecule has 0 aliphatic heterocycles. The van der Waals surface area contributed by atoms with Crippen LogP contribution in [0.5, 0.6) is 0 Å². The second kappa shape index (κ2) is 4.45. The van der Waals surface area contributed by atoms with Crippen molar-refractivity contribution in [1.29, 1.82) is 5.41 Å². The third-order valence-electron chi connectivity index (χ3n) is 2.05. The predicted octanol–water partition coefficient (Wildman–Crippen LogP) is 0.788. The molecule has 0 radical (unpaired) electrons. The van der Waals surface area contributed by atoms with E-state index in [1.165, 1.54) is 0 Å². The van der Waals surface area contributed by atoms with Crippen LogP contribution in [0, 0.1) is 18.3 Å². The van der Waals surface area contributed by atoms with Gasteiger partial charge in [-0.25, -0.2) is 0 Å². The summed E-state index contributed by atoms with van der Waals surface area (Å²) in [7, 11) is 1.93. The lowest BCUT2D eigenvalue weighted by molar-refractivity contribution is 0.762. The molecule has 0 spiro atoms. The minimum atomic E-state index is 0.0806. The van der Waals surface area contributed by atoms with Crippen LogP contribution >= 0.6 is 11.8 Å². The third-order valence-corrected chi connectivity index (χ3v) is 3.33. The Morgan fingerprint density at radius 3 is 2.71 bits per heavy atom. The van der Waals surface area contributed by atoms with Crippen molar-refractivity contribution in [2.75, 3.05) is 5.75 Å². The van der Waals surface area contributed by atoms with Gasteiger partial charge in [-0.05, 0) is 6.92 Å². The van der Waals surface area contributed by atoms with Gasteiger partial charge in [-0.3, -0.25) is 5.41 Å². The van der Waals surface area contributed by atoms with Gasteiger partial charge in [-0.2, -0.15) is 0 Å². The molecule has 6 heteroatoms. The van der Waals surface area contributed by atoms with Crippen molar-refractivity contribution in [3.63, 3.8) is 0 Å². The van der Waals surface area contributed by atoms with Crippen LogP contribution in [-0.4, -0.2) is 26.4 Å². The minimum Gasteiger partial charge on any atom is -0.387 e. The Morgan fingerprint density at radius 2 is 2.29 bits per heavy atom. The number of hydrogen-bond acceptors (Lipinski definition) is 4. The van der Waals surface area contributed by atoms with Crippen molar-refractivity contribution in [3.05, 3.63) is 5.82 Å². The molecule has 1 atom stereocenters. The highest BCUT2D eigenvalue weighted by atomic mass is 32.2. The van der Waals surface area contributed by atoms with E-state index in [1.54, 1.807) is 11.8 Å². The number of rotatable bonds is 4. The number of amidine groups is 1. The molecule has 1 unspecified atom stereocenters. The molecule has 0 aliphatic rings. The van der Waals surface area contributed by atoms with Crippen LogP contribution in [0.15, 0.2) is 5.16 Å². The molecule has 0 fully saturated rings. The number of nitrogens with zero attached hydrogens (tertiary/aromatic N) is 3. The Bertz CT molecular complexity index is 332. The molecule has 0 saturated heterocycles. The van der Waals surface area contributed by atoms with E-state index in [2.05, 4.69) is 10.2 Å². The molecule has 3 N–H and O–H groups in total. The smallest absolute Gasteiger partial charge is 0.190 e. The van der Waals surface area contributed by atoms with Crippen molar-refractivity contribution in [2.24, 2.45) is 18.7 Å². The number of aryl methyl sites for hydroxylation is 1. The van der Waals surface area contributed by atoms with Crippen LogP contribution < -0.4 is 5.73 Å². The van der Waals surface area contributed by atoms with Gasteiger partial charge in [-0.1, -0.05) is 18.7 Å². The third kappa shape index (κ3) is 2.47. The zero-order valence-electron chi connectivity index (χ0n) is 8.61. The van der Waals surface area contributed by atoms with E-state index >= 15 is 0 Å². The standard InChI is InChI=1S/C8H15N5S/c1-5(7(9)10)4-14-8-12-11-6(2)13(8)3/h5H,4H2,1-3H3,(H3,9,10). The molecule has 0 saturated carbocycles. The van der Waals surface area contributed by atoms with Gasteiger partial charge in [0.2, 0.25) is 0 Å². The summed E-state index contributed by atoms with van der Waals surface area (Å²) in [6.07, 6.45) is 0. The lowest BCUT2D eigenvalue weighted by Crippen LogP contribution is -2.21. The maximum absolute atomic E-state index is 7.25. The molecule has 0 aliphatic carbocycles. The van der Waals surface area contributed by atoms with Crippen LogP contribution in [0.4, 0.5) is 0 Å². The Hall–Kier alpha value is -1.04. The summed E-state index contributed by atoms with van der Waals surface area (Å²) in [5.74, 6) is 1.96. The van der Waals surface area contributed by atoms with E-state index in [-0.39, 0.29) is 11.8 Å². The molecule has 0 aromatic carbocycles. The highest BCUT2D eigenvalue weighted by Gasteiger charge is 2.10. The Morgan fingerprint density at radius 1 is 1.64 bits per heavy atom. The number of nitrogens with one attached hydrogen (secondary N) is 1. The Kier molecular flexibility index (Phi) is 3.51. The predicted molar refractivity (Wildman–Crippen MR) is 57.5 cm³/mol. The quantitative estimate of drug-likeness (QED) is 0.440. The first-order valence-electron chi connectivity index (χ1n) is 4.35. The fourth-order valence-corrected chi connectivity index (χ4v) is 1.81. The maximum Gasteiger partial charge on any atom is 0.190 e. The molecule has 5 nitrogen and oxygen atoms in total. The van der Waals surface area contributed by atoms with Crippen molar-refractivity contribution in [1.82, 2.24) is 14.8 Å². The summed E-state index contributed by atoms with van der Waals surface area (Å²) < 4.78 is 1.93. The topological polar surface area (TPSA) is 80.6 Å². The van der Waals surface area contributed by atoms with Crippen molar-refractivity contribution >= 4 is 17.6 Å². The van der Waals surface area contributed by atoms with Crippen molar-refractivity contribution in [2.45, 2.75) is 19.0 Å². The lowest BCUT2D eigenvalue weighted by atomic mass is 10.2. The molecular weight excluding hydrogens is 198 g/mol. The minimum absolute atomic E-state index is 0.0806. The SMILES string of the molecule is Cc1nnc(SCC(C)C(=N)N)n1C. The monoisotopic (exact) mass is 213 g/mol. The summed E-state index contributed by atoms with van der Waals surface area (Å²) in [4.78, 5) is 0. The molecule has 1 rings (SSSR count). The van der Waals surface area contributed by atoms with Gasteiger partial charge in [-0.15, -0.1) is 10.2 Å². The highest BCUT2D eigenvalue weighted by Crippen LogP contribution is 2.18. The van der Waals surface area contributed by atoms with Crippen LogP contribution in [0.1, 0.15) is 12.7 Å². The molecule has 1 aromatic heterocycles. The van der Waals surface area contributed by atoms with Gasteiger partial charge in [0, 0.05) is 18.7 Å². The summed E-state index contributed by atoms with van der Waals surface area (Å²) in [5, 5.41) is 16.1. The normalized spacial score (nSPS) is 12.8. The van der Waals surface area contributed by atoms with Crippen LogP contribution in [0.25, 0.3) is 0 Å². The number of nitrogens with two attached hydrogens (primary N) is 1. The van der Waals surface area contributed by atoms with E-state index in [4.69, 9.17) is 11.1 Å². The zero-order valence-corrected chi connectivity index (χ0v) is 9.43. The largest absolute Gasteiger partial charge is 0.387 e. The first-order chi connectivity index (χ1) is 6.52. The summed E-state index contributed by atoms with van der Waals surface area (Å²) in [6, 6.07) is 0. The highest BCUT2D eigenvalue weighted by molar-refractivity contribution is 7.99. The van der Waals surface area contributed by atoms with Gasteiger partial charge >= 0.3 is 0 Å². The molecule has 1 aromatic rings. The van der Waals surface area contributed by atoms with Gasteiger partial charge in [0.25, 0.3) is 0 Å². The van der Waals surface area contributed by atoms with E-state index in [1.807, 2.05) is 25.5 Å². The van der Waals surface area contributed by atoms with E-state index < -0.39 is 0 Å². The van der Waals surface area contributed by atoms with Crippen LogP contribution in [-0.2, 0) is 7.05 Å². The number of aromatic nitrogens is 3. The van der Waals surface area contributed by atoms with Gasteiger partial charge in [0.05, 0.1) is 5.84 Å². The average Bonchev–Trinajstić information content (AvgIpc) is 2.44. The van der Waals surface area contributed by atoms with E-state index in [0.717, 1.165) is 16.7 Å². The van der Waals surface area contributed by atoms with Gasteiger partial charge in [0.1, 0.15) is 5.82 Å².